The molecule has 0 aromatic heterocycles. The van der Waals surface area contributed by atoms with E-state index in [1.807, 2.05) is 30.3 Å². The Kier molecular flexibility index (Phi) is 4.93. The molecule has 0 N–H and O–H groups in total. The maximum absolute atomic E-state index is 10.5. The highest BCUT2D eigenvalue weighted by atomic mass is 16.6. The van der Waals surface area contributed by atoms with Gasteiger partial charge in [0, 0.05) is 11.6 Å². The van der Waals surface area contributed by atoms with Gasteiger partial charge >= 0.3 is 0 Å². The third-order valence-electron chi connectivity index (χ3n) is 2.83. The van der Waals surface area contributed by atoms with Crippen LogP contribution < -0.4 is 9.47 Å². The summed E-state index contributed by atoms with van der Waals surface area (Å²) < 4.78 is 11.0. The lowest BCUT2D eigenvalue weighted by molar-refractivity contribution is -0.400. The molecule has 0 aliphatic rings. The molecule has 0 heterocycles. The third-order valence-corrected chi connectivity index (χ3v) is 2.83. The fraction of sp³-hybridized carbons (Fsp3) is 0.125. The van der Waals surface area contributed by atoms with Crippen LogP contribution in [0.1, 0.15) is 11.1 Å². The number of nitrogens with zero attached hydrogens (tertiary/aromatic N) is 1. The first-order chi connectivity index (χ1) is 10.2. The molecular weight excluding hydrogens is 270 g/mol. The topological polar surface area (TPSA) is 61.6 Å². The number of rotatable bonds is 6. The quantitative estimate of drug-likeness (QED) is 0.601. The van der Waals surface area contributed by atoms with Crippen molar-refractivity contribution in [2.24, 2.45) is 0 Å². The summed E-state index contributed by atoms with van der Waals surface area (Å²) in [7, 11) is 1.53. The van der Waals surface area contributed by atoms with Crippen LogP contribution in [0.3, 0.4) is 0 Å². The molecule has 0 bridgehead atoms. The Labute approximate surface area is 122 Å². The predicted molar refractivity (Wildman–Crippen MR) is 79.8 cm³/mol. The fourth-order valence-electron chi connectivity index (χ4n) is 1.85. The molecule has 5 heteroatoms. The Hall–Kier alpha value is -2.82. The normalized spacial score (nSPS) is 10.5. The Balaban J connectivity index is 2.25. The molecule has 108 valence electrons. The number of benzene rings is 2. The molecule has 0 unspecified atom stereocenters. The van der Waals surface area contributed by atoms with E-state index in [0.717, 1.165) is 11.8 Å². The lowest BCUT2D eigenvalue weighted by Crippen LogP contribution is -1.99. The zero-order chi connectivity index (χ0) is 15.1. The maximum atomic E-state index is 10.5. The number of hydrogen-bond donors (Lipinski definition) is 0. The van der Waals surface area contributed by atoms with Gasteiger partial charge in [-0.15, -0.1) is 0 Å². The summed E-state index contributed by atoms with van der Waals surface area (Å²) in [5, 5.41) is 10.5. The summed E-state index contributed by atoms with van der Waals surface area (Å²) in [4.78, 5) is 9.95. The van der Waals surface area contributed by atoms with E-state index in [0.29, 0.717) is 23.7 Å². The van der Waals surface area contributed by atoms with Crippen LogP contribution in [-0.4, -0.2) is 12.0 Å². The van der Waals surface area contributed by atoms with Crippen LogP contribution in [0.15, 0.2) is 54.7 Å². The molecule has 0 spiro atoms. The monoisotopic (exact) mass is 285 g/mol. The first kappa shape index (κ1) is 14.6. The van der Waals surface area contributed by atoms with E-state index < -0.39 is 4.92 Å². The van der Waals surface area contributed by atoms with E-state index in [4.69, 9.17) is 9.47 Å². The molecule has 21 heavy (non-hydrogen) atoms. The van der Waals surface area contributed by atoms with Crippen LogP contribution >= 0.6 is 0 Å². The van der Waals surface area contributed by atoms with Crippen LogP contribution in [0.25, 0.3) is 6.08 Å². The highest BCUT2D eigenvalue weighted by molar-refractivity contribution is 5.61. The molecule has 0 fully saturated rings. The van der Waals surface area contributed by atoms with Crippen molar-refractivity contribution in [3.05, 3.63) is 76.0 Å². The smallest absolute Gasteiger partial charge is 0.235 e. The molecule has 0 aliphatic heterocycles. The Morgan fingerprint density at radius 2 is 1.90 bits per heavy atom. The van der Waals surface area contributed by atoms with Crippen LogP contribution in [0.2, 0.25) is 0 Å². The van der Waals surface area contributed by atoms with Crippen molar-refractivity contribution in [2.45, 2.75) is 6.61 Å². The van der Waals surface area contributed by atoms with Crippen molar-refractivity contribution < 1.29 is 14.4 Å². The minimum absolute atomic E-state index is 0.362. The molecule has 5 nitrogen and oxygen atoms in total. The molecule has 0 atom stereocenters. The van der Waals surface area contributed by atoms with Crippen molar-refractivity contribution >= 4 is 6.08 Å². The van der Waals surface area contributed by atoms with Crippen molar-refractivity contribution in [2.75, 3.05) is 7.11 Å². The standard InChI is InChI=1S/C16H15NO4/c1-20-15-9-5-8-14(10-11-17(18)19)16(15)21-12-13-6-3-2-4-7-13/h2-11H,12H2,1H3. The zero-order valence-corrected chi connectivity index (χ0v) is 11.6. The average Bonchev–Trinajstić information content (AvgIpc) is 2.52. The van der Waals surface area contributed by atoms with Gasteiger partial charge in [0.15, 0.2) is 11.5 Å². The van der Waals surface area contributed by atoms with E-state index in [2.05, 4.69) is 0 Å². The van der Waals surface area contributed by atoms with E-state index in [1.165, 1.54) is 13.2 Å². The summed E-state index contributed by atoms with van der Waals surface area (Å²) >= 11 is 0. The van der Waals surface area contributed by atoms with Crippen molar-refractivity contribution in [3.8, 4) is 11.5 Å². The van der Waals surface area contributed by atoms with Crippen LogP contribution in [0.4, 0.5) is 0 Å². The second-order valence-corrected chi connectivity index (χ2v) is 4.25. The molecule has 0 aliphatic carbocycles. The molecule has 0 amide bonds. The van der Waals surface area contributed by atoms with Crippen LogP contribution in [0, 0.1) is 10.1 Å². The Morgan fingerprint density at radius 1 is 1.14 bits per heavy atom. The first-order valence-corrected chi connectivity index (χ1v) is 6.36. The molecule has 2 rings (SSSR count). The summed E-state index contributed by atoms with van der Waals surface area (Å²) in [6.45, 7) is 0.362. The molecular formula is C16H15NO4. The van der Waals surface area contributed by atoms with Gasteiger partial charge in [-0.1, -0.05) is 42.5 Å². The molecule has 0 saturated carbocycles. The lowest BCUT2D eigenvalue weighted by atomic mass is 10.1. The van der Waals surface area contributed by atoms with Gasteiger partial charge in [0.2, 0.25) is 6.20 Å². The first-order valence-electron chi connectivity index (χ1n) is 6.36. The second-order valence-electron chi connectivity index (χ2n) is 4.25. The fourth-order valence-corrected chi connectivity index (χ4v) is 1.85. The van der Waals surface area contributed by atoms with Crippen LogP contribution in [0.5, 0.6) is 11.5 Å². The van der Waals surface area contributed by atoms with E-state index >= 15 is 0 Å². The molecule has 0 radical (unpaired) electrons. The molecule has 2 aromatic rings. The van der Waals surface area contributed by atoms with Gasteiger partial charge in [0.05, 0.1) is 12.0 Å². The van der Waals surface area contributed by atoms with Gasteiger partial charge in [-0.2, -0.15) is 0 Å². The Morgan fingerprint density at radius 3 is 2.57 bits per heavy atom. The third kappa shape index (κ3) is 4.07. The van der Waals surface area contributed by atoms with Gasteiger partial charge in [-0.25, -0.2) is 0 Å². The minimum Gasteiger partial charge on any atom is -0.493 e. The summed E-state index contributed by atoms with van der Waals surface area (Å²) in [6, 6.07) is 14.9. The predicted octanol–water partition coefficient (Wildman–Crippen LogP) is 3.52. The number of nitro groups is 1. The summed E-state index contributed by atoms with van der Waals surface area (Å²) in [5.74, 6) is 1.03. The average molecular weight is 285 g/mol. The maximum Gasteiger partial charge on any atom is 0.235 e. The van der Waals surface area contributed by atoms with Crippen molar-refractivity contribution in [3.63, 3.8) is 0 Å². The van der Waals surface area contributed by atoms with E-state index in [1.54, 1.807) is 18.2 Å². The minimum atomic E-state index is -0.513. The number of ether oxygens (including phenoxy) is 2. The van der Waals surface area contributed by atoms with Crippen LogP contribution in [-0.2, 0) is 6.61 Å². The van der Waals surface area contributed by atoms with Gasteiger partial charge in [-0.3, -0.25) is 10.1 Å². The van der Waals surface area contributed by atoms with Gasteiger partial charge in [-0.05, 0) is 11.6 Å². The molecule has 2 aromatic carbocycles. The van der Waals surface area contributed by atoms with E-state index in [-0.39, 0.29) is 0 Å². The molecule has 0 saturated heterocycles. The van der Waals surface area contributed by atoms with E-state index in [9.17, 15) is 10.1 Å². The van der Waals surface area contributed by atoms with Gasteiger partial charge < -0.3 is 9.47 Å². The highest BCUT2D eigenvalue weighted by Gasteiger charge is 2.09. The highest BCUT2D eigenvalue weighted by Crippen LogP contribution is 2.32. The SMILES string of the molecule is COc1cccc(C=C[N+](=O)[O-])c1OCc1ccccc1. The number of para-hydroxylation sites is 1. The van der Waals surface area contributed by atoms with Gasteiger partial charge in [0.25, 0.3) is 0 Å². The summed E-state index contributed by atoms with van der Waals surface area (Å²) in [6.07, 6.45) is 2.27. The van der Waals surface area contributed by atoms with Gasteiger partial charge in [0.1, 0.15) is 6.61 Å². The number of hydrogen-bond acceptors (Lipinski definition) is 4. The van der Waals surface area contributed by atoms with Crippen molar-refractivity contribution in [1.29, 1.82) is 0 Å². The van der Waals surface area contributed by atoms with Crippen molar-refractivity contribution in [1.82, 2.24) is 0 Å². The second kappa shape index (κ2) is 7.09. The lowest BCUT2D eigenvalue weighted by Gasteiger charge is -2.13. The number of methoxy groups -OCH3 is 1. The summed E-state index contributed by atoms with van der Waals surface area (Å²) in [5.41, 5.74) is 1.61. The Bertz CT molecular complexity index is 638. The largest absolute Gasteiger partial charge is 0.493 e. The zero-order valence-electron chi connectivity index (χ0n) is 11.6.